The van der Waals surface area contributed by atoms with Crippen LogP contribution in [0, 0.1) is 18.8 Å². The van der Waals surface area contributed by atoms with Gasteiger partial charge in [0.25, 0.3) is 0 Å². The van der Waals surface area contributed by atoms with Crippen LogP contribution in [0.1, 0.15) is 38.7 Å². The summed E-state index contributed by atoms with van der Waals surface area (Å²) in [6.07, 6.45) is 3.88. The summed E-state index contributed by atoms with van der Waals surface area (Å²) >= 11 is 0. The zero-order valence-electron chi connectivity index (χ0n) is 11.2. The third kappa shape index (κ3) is 3.15. The van der Waals surface area contributed by atoms with Crippen molar-refractivity contribution in [1.29, 1.82) is 0 Å². The molecule has 1 aromatic rings. The molecule has 1 aromatic carbocycles. The number of hydrogen-bond donors (Lipinski definition) is 2. The van der Waals surface area contributed by atoms with E-state index in [0.717, 1.165) is 17.5 Å². The minimum Gasteiger partial charge on any atom is -0.399 e. The smallest absolute Gasteiger partial charge is 0.0365 e. The second kappa shape index (κ2) is 4.99. The number of anilines is 2. The van der Waals surface area contributed by atoms with Crippen molar-refractivity contribution in [3.05, 3.63) is 23.8 Å². The van der Waals surface area contributed by atoms with Crippen LogP contribution in [0.4, 0.5) is 11.4 Å². The van der Waals surface area contributed by atoms with E-state index in [2.05, 4.69) is 32.2 Å². The van der Waals surface area contributed by atoms with Crippen molar-refractivity contribution < 1.29 is 0 Å². The summed E-state index contributed by atoms with van der Waals surface area (Å²) < 4.78 is 0. The fraction of sp³-hybridized carbons (Fsp3) is 0.600. The van der Waals surface area contributed by atoms with E-state index in [1.807, 2.05) is 12.1 Å². The van der Waals surface area contributed by atoms with Gasteiger partial charge in [-0.2, -0.15) is 0 Å². The Labute approximate surface area is 105 Å². The Balaban J connectivity index is 2.01. The van der Waals surface area contributed by atoms with Crippen LogP contribution in [0.3, 0.4) is 0 Å². The van der Waals surface area contributed by atoms with Crippen molar-refractivity contribution >= 4 is 11.4 Å². The maximum atomic E-state index is 5.87. The molecule has 1 aliphatic rings. The van der Waals surface area contributed by atoms with Crippen molar-refractivity contribution in [2.45, 2.75) is 46.1 Å². The van der Waals surface area contributed by atoms with Gasteiger partial charge in [0.2, 0.25) is 0 Å². The van der Waals surface area contributed by atoms with Crippen molar-refractivity contribution in [3.63, 3.8) is 0 Å². The monoisotopic (exact) mass is 232 g/mol. The maximum Gasteiger partial charge on any atom is 0.0365 e. The highest BCUT2D eigenvalue weighted by atomic mass is 14.9. The molecule has 2 rings (SSSR count). The molecule has 0 amide bonds. The third-order valence-corrected chi connectivity index (χ3v) is 4.07. The number of hydrogen-bond acceptors (Lipinski definition) is 2. The van der Waals surface area contributed by atoms with E-state index in [4.69, 9.17) is 5.73 Å². The molecule has 0 aliphatic heterocycles. The highest BCUT2D eigenvalue weighted by Crippen LogP contribution is 2.31. The van der Waals surface area contributed by atoms with Gasteiger partial charge in [-0.05, 0) is 61.8 Å². The highest BCUT2D eigenvalue weighted by molar-refractivity contribution is 5.57. The summed E-state index contributed by atoms with van der Waals surface area (Å²) in [4.78, 5) is 0. The zero-order chi connectivity index (χ0) is 12.4. The van der Waals surface area contributed by atoms with Crippen LogP contribution in [0.2, 0.25) is 0 Å². The summed E-state index contributed by atoms with van der Waals surface area (Å²) in [6, 6.07) is 6.84. The predicted molar refractivity (Wildman–Crippen MR) is 75.2 cm³/mol. The lowest BCUT2D eigenvalue weighted by molar-refractivity contribution is 0.261. The number of nitrogens with one attached hydrogen (secondary N) is 1. The van der Waals surface area contributed by atoms with E-state index in [9.17, 15) is 0 Å². The summed E-state index contributed by atoms with van der Waals surface area (Å²) in [7, 11) is 0. The number of aryl methyl sites for hydroxylation is 1. The first-order chi connectivity index (χ1) is 8.04. The summed E-state index contributed by atoms with van der Waals surface area (Å²) in [6.45, 7) is 6.82. The van der Waals surface area contributed by atoms with Gasteiger partial charge in [0.05, 0.1) is 0 Å². The second-order valence-electron chi connectivity index (χ2n) is 5.74. The topological polar surface area (TPSA) is 38.0 Å². The average molecular weight is 232 g/mol. The van der Waals surface area contributed by atoms with E-state index >= 15 is 0 Å². The minimum absolute atomic E-state index is 0.613. The van der Waals surface area contributed by atoms with E-state index in [0.29, 0.717) is 6.04 Å². The lowest BCUT2D eigenvalue weighted by atomic mass is 9.79. The number of nitrogens with two attached hydrogens (primary N) is 1. The molecule has 94 valence electrons. The second-order valence-corrected chi connectivity index (χ2v) is 5.74. The molecule has 0 spiro atoms. The summed E-state index contributed by atoms with van der Waals surface area (Å²) in [5.41, 5.74) is 9.13. The van der Waals surface area contributed by atoms with Crippen LogP contribution in [-0.4, -0.2) is 6.04 Å². The van der Waals surface area contributed by atoms with Crippen LogP contribution in [0.15, 0.2) is 18.2 Å². The SMILES string of the molecule is Cc1cc(N)cc(NC2CCC(C)C(C)C2)c1. The van der Waals surface area contributed by atoms with Crippen LogP contribution in [0.5, 0.6) is 0 Å². The Morgan fingerprint density at radius 3 is 2.53 bits per heavy atom. The van der Waals surface area contributed by atoms with E-state index in [1.54, 1.807) is 0 Å². The number of nitrogen functional groups attached to an aromatic ring is 1. The van der Waals surface area contributed by atoms with Gasteiger partial charge in [-0.3, -0.25) is 0 Å². The molecule has 2 heteroatoms. The normalized spacial score (nSPS) is 29.0. The van der Waals surface area contributed by atoms with Gasteiger partial charge in [-0.25, -0.2) is 0 Å². The Kier molecular flexibility index (Phi) is 3.60. The molecule has 0 aromatic heterocycles. The predicted octanol–water partition coefficient (Wildman–Crippen LogP) is 3.81. The van der Waals surface area contributed by atoms with Gasteiger partial charge in [0, 0.05) is 17.4 Å². The minimum atomic E-state index is 0.613. The van der Waals surface area contributed by atoms with Gasteiger partial charge in [-0.1, -0.05) is 13.8 Å². The van der Waals surface area contributed by atoms with Gasteiger partial charge in [-0.15, -0.1) is 0 Å². The van der Waals surface area contributed by atoms with Gasteiger partial charge < -0.3 is 11.1 Å². The lowest BCUT2D eigenvalue weighted by Gasteiger charge is -2.33. The molecule has 3 unspecified atom stereocenters. The fourth-order valence-electron chi connectivity index (χ4n) is 2.81. The quantitative estimate of drug-likeness (QED) is 0.761. The lowest BCUT2D eigenvalue weighted by Crippen LogP contribution is -2.30. The van der Waals surface area contributed by atoms with E-state index in [-0.39, 0.29) is 0 Å². The molecular formula is C15H24N2. The molecule has 0 saturated heterocycles. The van der Waals surface area contributed by atoms with Crippen LogP contribution in [-0.2, 0) is 0 Å². The maximum absolute atomic E-state index is 5.87. The van der Waals surface area contributed by atoms with E-state index in [1.165, 1.54) is 30.5 Å². The van der Waals surface area contributed by atoms with Crippen LogP contribution in [0.25, 0.3) is 0 Å². The Morgan fingerprint density at radius 2 is 1.88 bits per heavy atom. The van der Waals surface area contributed by atoms with E-state index < -0.39 is 0 Å². The summed E-state index contributed by atoms with van der Waals surface area (Å²) in [5.74, 6) is 1.69. The van der Waals surface area contributed by atoms with Gasteiger partial charge in [0.15, 0.2) is 0 Å². The molecule has 1 saturated carbocycles. The van der Waals surface area contributed by atoms with Crippen LogP contribution < -0.4 is 11.1 Å². The standard InChI is InChI=1S/C15H24N2/c1-10-6-13(16)9-15(7-10)17-14-5-4-11(2)12(3)8-14/h6-7,9,11-12,14,17H,4-5,8,16H2,1-3H3. The largest absolute Gasteiger partial charge is 0.399 e. The number of benzene rings is 1. The molecule has 3 N–H and O–H groups in total. The van der Waals surface area contributed by atoms with Crippen molar-refractivity contribution in [2.24, 2.45) is 11.8 Å². The average Bonchev–Trinajstić information content (AvgIpc) is 2.22. The van der Waals surface area contributed by atoms with Crippen molar-refractivity contribution in [3.8, 4) is 0 Å². The Morgan fingerprint density at radius 1 is 1.12 bits per heavy atom. The third-order valence-electron chi connectivity index (χ3n) is 4.07. The molecule has 0 bridgehead atoms. The molecule has 2 nitrogen and oxygen atoms in total. The first kappa shape index (κ1) is 12.3. The van der Waals surface area contributed by atoms with Crippen LogP contribution >= 0.6 is 0 Å². The first-order valence-corrected chi connectivity index (χ1v) is 6.68. The van der Waals surface area contributed by atoms with Gasteiger partial charge >= 0.3 is 0 Å². The molecule has 17 heavy (non-hydrogen) atoms. The molecule has 0 radical (unpaired) electrons. The van der Waals surface area contributed by atoms with Gasteiger partial charge in [0.1, 0.15) is 0 Å². The molecule has 0 heterocycles. The number of rotatable bonds is 2. The first-order valence-electron chi connectivity index (χ1n) is 6.68. The zero-order valence-corrected chi connectivity index (χ0v) is 11.2. The fourth-order valence-corrected chi connectivity index (χ4v) is 2.81. The van der Waals surface area contributed by atoms with Crippen molar-refractivity contribution in [2.75, 3.05) is 11.1 Å². The molecule has 1 aliphatic carbocycles. The Hall–Kier alpha value is -1.18. The molecular weight excluding hydrogens is 208 g/mol. The van der Waals surface area contributed by atoms with Crippen molar-refractivity contribution in [1.82, 2.24) is 0 Å². The molecule has 1 fully saturated rings. The summed E-state index contributed by atoms with van der Waals surface area (Å²) in [5, 5.41) is 3.63. The molecule has 3 atom stereocenters. The Bertz CT molecular complexity index is 366. The highest BCUT2D eigenvalue weighted by Gasteiger charge is 2.24.